The van der Waals surface area contributed by atoms with Gasteiger partial charge in [0.25, 0.3) is 0 Å². The van der Waals surface area contributed by atoms with Gasteiger partial charge in [0.1, 0.15) is 0 Å². The van der Waals surface area contributed by atoms with Gasteiger partial charge in [0.2, 0.25) is 10.0 Å². The van der Waals surface area contributed by atoms with E-state index in [1.54, 1.807) is 13.8 Å². The highest BCUT2D eigenvalue weighted by Gasteiger charge is 2.27. The van der Waals surface area contributed by atoms with Crippen LogP contribution in [-0.4, -0.2) is 38.9 Å². The van der Waals surface area contributed by atoms with Gasteiger partial charge in [-0.25, -0.2) is 8.42 Å². The lowest BCUT2D eigenvalue weighted by atomic mass is 10.2. The van der Waals surface area contributed by atoms with Crippen LogP contribution in [0.1, 0.15) is 19.4 Å². The summed E-state index contributed by atoms with van der Waals surface area (Å²) in [5, 5.41) is 8.85. The fourth-order valence-electron chi connectivity index (χ4n) is 1.85. The molecule has 0 aromatic heterocycles. The summed E-state index contributed by atoms with van der Waals surface area (Å²) >= 11 is 0. The molecule has 1 aromatic carbocycles. The molecule has 0 fully saturated rings. The molecule has 1 rings (SSSR count). The monoisotopic (exact) mass is 310 g/mol. The molecule has 0 aliphatic rings. The Morgan fingerprint density at radius 1 is 1.48 bits per heavy atom. The summed E-state index contributed by atoms with van der Waals surface area (Å²) in [7, 11) is -2.48. The molecule has 1 atom stereocenters. The predicted molar refractivity (Wildman–Crippen MR) is 76.8 cm³/mol. The van der Waals surface area contributed by atoms with Gasteiger partial charge >= 0.3 is 5.97 Å². The smallest absolute Gasteiger partial charge is 0.309 e. The number of sulfonamides is 1. The molecule has 0 saturated carbocycles. The van der Waals surface area contributed by atoms with Crippen LogP contribution in [-0.2, 0) is 19.6 Å². The van der Waals surface area contributed by atoms with Gasteiger partial charge in [0.05, 0.1) is 29.6 Å². The highest BCUT2D eigenvalue weighted by molar-refractivity contribution is 7.89. The maximum Gasteiger partial charge on any atom is 0.309 e. The summed E-state index contributed by atoms with van der Waals surface area (Å²) < 4.78 is 30.9. The summed E-state index contributed by atoms with van der Waals surface area (Å²) in [4.78, 5) is 11.5. The van der Waals surface area contributed by atoms with Crippen molar-refractivity contribution < 1.29 is 17.9 Å². The molecule has 0 spiro atoms. The maximum absolute atomic E-state index is 12.5. The van der Waals surface area contributed by atoms with Gasteiger partial charge in [0.15, 0.2) is 0 Å². The lowest BCUT2D eigenvalue weighted by Gasteiger charge is -2.23. The van der Waals surface area contributed by atoms with Gasteiger partial charge in [-0.15, -0.1) is 0 Å². The molecule has 6 nitrogen and oxygen atoms in total. The number of nitriles is 1. The van der Waals surface area contributed by atoms with Crippen LogP contribution >= 0.6 is 0 Å². The summed E-state index contributed by atoms with van der Waals surface area (Å²) in [6, 6.07) is 7.71. The first kappa shape index (κ1) is 17.1. The van der Waals surface area contributed by atoms with Crippen molar-refractivity contribution in [3.05, 3.63) is 29.8 Å². The van der Waals surface area contributed by atoms with Gasteiger partial charge in [-0.2, -0.15) is 9.57 Å². The maximum atomic E-state index is 12.5. The van der Waals surface area contributed by atoms with Crippen molar-refractivity contribution in [2.45, 2.75) is 18.7 Å². The third-order valence-corrected chi connectivity index (χ3v) is 4.97. The molecular formula is C14H18N2O4S. The number of carbonyl (C=O) groups excluding carboxylic acids is 1. The summed E-state index contributed by atoms with van der Waals surface area (Å²) in [5.74, 6) is -1.03. The van der Waals surface area contributed by atoms with Gasteiger partial charge in [-0.05, 0) is 18.2 Å². The highest BCUT2D eigenvalue weighted by atomic mass is 32.2. The fraction of sp³-hybridized carbons (Fsp3) is 0.429. The molecule has 21 heavy (non-hydrogen) atoms. The Labute approximate surface area is 125 Å². The number of benzene rings is 1. The molecule has 7 heteroatoms. The third-order valence-electron chi connectivity index (χ3n) is 3.03. The van der Waals surface area contributed by atoms with Crippen LogP contribution < -0.4 is 0 Å². The first-order valence-electron chi connectivity index (χ1n) is 6.45. The van der Waals surface area contributed by atoms with E-state index in [0.29, 0.717) is 0 Å². The minimum atomic E-state index is -3.75. The highest BCUT2D eigenvalue weighted by Crippen LogP contribution is 2.18. The lowest BCUT2D eigenvalue weighted by Crippen LogP contribution is -2.37. The minimum Gasteiger partial charge on any atom is -0.469 e. The standard InChI is InChI=1S/C14H18N2O4S/c1-4-16(10-11(2)14(17)20-3)21(18,19)13-7-5-6-12(8-13)9-15/h5-8,11H,4,10H2,1-3H3/t11-/m0/s1. The number of methoxy groups -OCH3 is 1. The third kappa shape index (κ3) is 4.03. The molecule has 0 saturated heterocycles. The molecule has 0 N–H and O–H groups in total. The summed E-state index contributed by atoms with van der Waals surface area (Å²) in [6.07, 6.45) is 0. The molecule has 0 aliphatic carbocycles. The Bertz CT molecular complexity index is 649. The topological polar surface area (TPSA) is 87.5 Å². The molecule has 1 aromatic rings. The Kier molecular flexibility index (Phi) is 5.88. The van der Waals surface area contributed by atoms with Crippen LogP contribution in [0, 0.1) is 17.2 Å². The van der Waals surface area contributed by atoms with Gasteiger partial charge in [-0.3, -0.25) is 4.79 Å². The van der Waals surface area contributed by atoms with Crippen molar-refractivity contribution in [3.8, 4) is 6.07 Å². The quantitative estimate of drug-likeness (QED) is 0.741. The molecule has 0 bridgehead atoms. The van der Waals surface area contributed by atoms with Crippen LogP contribution in [0.5, 0.6) is 0 Å². The van der Waals surface area contributed by atoms with Crippen molar-refractivity contribution in [1.82, 2.24) is 4.31 Å². The van der Waals surface area contributed by atoms with Crippen LogP contribution in [0.4, 0.5) is 0 Å². The van der Waals surface area contributed by atoms with Crippen molar-refractivity contribution in [1.29, 1.82) is 5.26 Å². The number of carbonyl (C=O) groups is 1. The Morgan fingerprint density at radius 3 is 2.67 bits per heavy atom. The van der Waals surface area contributed by atoms with E-state index in [-0.39, 0.29) is 23.5 Å². The number of hydrogen-bond donors (Lipinski definition) is 0. The number of rotatable bonds is 6. The molecule has 0 aliphatic heterocycles. The van der Waals surface area contributed by atoms with Crippen LogP contribution in [0.25, 0.3) is 0 Å². The van der Waals surface area contributed by atoms with Crippen molar-refractivity contribution in [2.75, 3.05) is 20.2 Å². The van der Waals surface area contributed by atoms with E-state index in [0.717, 1.165) is 0 Å². The average Bonchev–Trinajstić information content (AvgIpc) is 2.51. The molecule has 0 unspecified atom stereocenters. The van der Waals surface area contributed by atoms with Crippen molar-refractivity contribution >= 4 is 16.0 Å². The second kappa shape index (κ2) is 7.20. The second-order valence-electron chi connectivity index (χ2n) is 4.52. The van der Waals surface area contributed by atoms with E-state index in [1.807, 2.05) is 6.07 Å². The zero-order valence-electron chi connectivity index (χ0n) is 12.2. The summed E-state index contributed by atoms with van der Waals surface area (Å²) in [5.41, 5.74) is 0.271. The number of ether oxygens (including phenoxy) is 1. The zero-order valence-corrected chi connectivity index (χ0v) is 13.1. The predicted octanol–water partition coefficient (Wildman–Crippen LogP) is 1.38. The van der Waals surface area contributed by atoms with Crippen molar-refractivity contribution in [3.63, 3.8) is 0 Å². The average molecular weight is 310 g/mol. The number of nitrogens with zero attached hydrogens (tertiary/aromatic N) is 2. The fourth-order valence-corrected chi connectivity index (χ4v) is 3.44. The lowest BCUT2D eigenvalue weighted by molar-refractivity contribution is -0.145. The summed E-state index contributed by atoms with van der Waals surface area (Å²) in [6.45, 7) is 3.55. The van der Waals surface area contributed by atoms with Crippen LogP contribution in [0.3, 0.4) is 0 Å². The molecule has 0 heterocycles. The van der Waals surface area contributed by atoms with E-state index < -0.39 is 21.9 Å². The van der Waals surface area contributed by atoms with Gasteiger partial charge in [-0.1, -0.05) is 19.9 Å². The number of hydrogen-bond acceptors (Lipinski definition) is 5. The van der Waals surface area contributed by atoms with E-state index in [9.17, 15) is 13.2 Å². The second-order valence-corrected chi connectivity index (χ2v) is 6.46. The van der Waals surface area contributed by atoms with Crippen LogP contribution in [0.2, 0.25) is 0 Å². The first-order chi connectivity index (χ1) is 9.86. The SMILES string of the molecule is CCN(C[C@H](C)C(=O)OC)S(=O)(=O)c1cccc(C#N)c1. The molecule has 0 radical (unpaired) electrons. The van der Waals surface area contributed by atoms with Gasteiger partial charge < -0.3 is 4.74 Å². The van der Waals surface area contributed by atoms with E-state index in [2.05, 4.69) is 4.74 Å². The zero-order chi connectivity index (χ0) is 16.0. The van der Waals surface area contributed by atoms with E-state index in [1.165, 1.54) is 35.7 Å². The molecule has 0 amide bonds. The first-order valence-corrected chi connectivity index (χ1v) is 7.89. The van der Waals surface area contributed by atoms with E-state index >= 15 is 0 Å². The Balaban J connectivity index is 3.08. The van der Waals surface area contributed by atoms with E-state index in [4.69, 9.17) is 5.26 Å². The largest absolute Gasteiger partial charge is 0.469 e. The normalized spacial score (nSPS) is 12.7. The Morgan fingerprint density at radius 2 is 2.14 bits per heavy atom. The minimum absolute atomic E-state index is 0.0300. The number of esters is 1. The van der Waals surface area contributed by atoms with Gasteiger partial charge in [0, 0.05) is 13.1 Å². The molecular weight excluding hydrogens is 292 g/mol. The van der Waals surface area contributed by atoms with Crippen molar-refractivity contribution in [2.24, 2.45) is 5.92 Å². The molecule has 114 valence electrons. The Hall–Kier alpha value is -1.91. The van der Waals surface area contributed by atoms with Crippen LogP contribution in [0.15, 0.2) is 29.2 Å².